The van der Waals surface area contributed by atoms with Crippen molar-refractivity contribution in [3.05, 3.63) is 101 Å². The van der Waals surface area contributed by atoms with Crippen LogP contribution in [0.5, 0.6) is 0 Å². The molecule has 3 aromatic carbocycles. The number of hydrogen-bond acceptors (Lipinski definition) is 2. The van der Waals surface area contributed by atoms with Gasteiger partial charge in [-0.3, -0.25) is 9.59 Å². The summed E-state index contributed by atoms with van der Waals surface area (Å²) in [4.78, 5) is 24.3. The number of rotatable bonds is 7. The summed E-state index contributed by atoms with van der Waals surface area (Å²) < 4.78 is 0. The van der Waals surface area contributed by atoms with Crippen LogP contribution in [0.25, 0.3) is 0 Å². The van der Waals surface area contributed by atoms with Crippen LogP contribution in [-0.2, 0) is 17.6 Å². The molecule has 142 valence electrons. The van der Waals surface area contributed by atoms with Gasteiger partial charge in [0.2, 0.25) is 5.91 Å². The first kappa shape index (κ1) is 19.6. The molecule has 0 saturated heterocycles. The Morgan fingerprint density at radius 3 is 2.29 bits per heavy atom. The molecule has 0 spiro atoms. The van der Waals surface area contributed by atoms with Crippen LogP contribution in [0.3, 0.4) is 0 Å². The lowest BCUT2D eigenvalue weighted by atomic mass is 10.1. The maximum atomic E-state index is 12.2. The predicted molar refractivity (Wildman–Crippen MR) is 113 cm³/mol. The van der Waals surface area contributed by atoms with Crippen LogP contribution in [0.1, 0.15) is 21.5 Å². The number of carbonyl (C=O) groups excluding carboxylic acids is 2. The SMILES string of the molecule is O=C(Cc1ccc(NC(=O)c2cccc(Cl)c2)cc1)NCCc1ccccc1. The largest absolute Gasteiger partial charge is 0.355 e. The van der Waals surface area contributed by atoms with Gasteiger partial charge < -0.3 is 10.6 Å². The Morgan fingerprint density at radius 2 is 1.57 bits per heavy atom. The number of carbonyl (C=O) groups is 2. The van der Waals surface area contributed by atoms with Gasteiger partial charge in [0.25, 0.3) is 5.91 Å². The van der Waals surface area contributed by atoms with Crippen LogP contribution >= 0.6 is 11.6 Å². The highest BCUT2D eigenvalue weighted by Crippen LogP contribution is 2.14. The van der Waals surface area contributed by atoms with Crippen LogP contribution < -0.4 is 10.6 Å². The number of nitrogens with one attached hydrogen (secondary N) is 2. The average molecular weight is 393 g/mol. The van der Waals surface area contributed by atoms with Gasteiger partial charge in [-0.2, -0.15) is 0 Å². The quantitative estimate of drug-likeness (QED) is 0.622. The van der Waals surface area contributed by atoms with E-state index in [1.54, 1.807) is 36.4 Å². The van der Waals surface area contributed by atoms with Crippen molar-refractivity contribution < 1.29 is 9.59 Å². The van der Waals surface area contributed by atoms with E-state index in [0.717, 1.165) is 12.0 Å². The summed E-state index contributed by atoms with van der Waals surface area (Å²) in [6, 6.07) is 24.1. The van der Waals surface area contributed by atoms with E-state index in [-0.39, 0.29) is 11.8 Å². The lowest BCUT2D eigenvalue weighted by Gasteiger charge is -2.08. The molecule has 4 nitrogen and oxygen atoms in total. The molecule has 3 rings (SSSR count). The minimum Gasteiger partial charge on any atom is -0.355 e. The molecule has 0 heterocycles. The van der Waals surface area contributed by atoms with Gasteiger partial charge in [0.1, 0.15) is 0 Å². The van der Waals surface area contributed by atoms with Gasteiger partial charge in [-0.1, -0.05) is 60.1 Å². The summed E-state index contributed by atoms with van der Waals surface area (Å²) >= 11 is 5.91. The fraction of sp³-hybridized carbons (Fsp3) is 0.130. The van der Waals surface area contributed by atoms with Gasteiger partial charge in [0, 0.05) is 22.8 Å². The molecule has 2 amide bonds. The molecule has 2 N–H and O–H groups in total. The average Bonchev–Trinajstić information content (AvgIpc) is 2.70. The molecule has 0 saturated carbocycles. The van der Waals surface area contributed by atoms with Gasteiger partial charge in [-0.15, -0.1) is 0 Å². The third kappa shape index (κ3) is 5.96. The molecule has 5 heteroatoms. The molecular weight excluding hydrogens is 372 g/mol. The fourth-order valence-corrected chi connectivity index (χ4v) is 2.97. The molecule has 0 aliphatic carbocycles. The Morgan fingerprint density at radius 1 is 0.821 bits per heavy atom. The minimum atomic E-state index is -0.228. The van der Waals surface area contributed by atoms with Gasteiger partial charge >= 0.3 is 0 Å². The van der Waals surface area contributed by atoms with Crippen molar-refractivity contribution in [1.29, 1.82) is 0 Å². The molecule has 0 aromatic heterocycles. The maximum Gasteiger partial charge on any atom is 0.255 e. The molecule has 0 unspecified atom stereocenters. The fourth-order valence-electron chi connectivity index (χ4n) is 2.78. The van der Waals surface area contributed by atoms with Crippen molar-refractivity contribution in [2.24, 2.45) is 0 Å². The normalized spacial score (nSPS) is 10.3. The standard InChI is InChI=1S/C23H21ClN2O2/c24-20-8-4-7-19(16-20)23(28)26-21-11-9-18(10-12-21)15-22(27)25-14-13-17-5-2-1-3-6-17/h1-12,16H,13-15H2,(H,25,27)(H,26,28). The van der Waals surface area contributed by atoms with Crippen molar-refractivity contribution in [3.63, 3.8) is 0 Å². The van der Waals surface area contributed by atoms with E-state index in [2.05, 4.69) is 10.6 Å². The van der Waals surface area contributed by atoms with Crippen molar-refractivity contribution in [1.82, 2.24) is 5.32 Å². The summed E-state index contributed by atoms with van der Waals surface area (Å²) in [7, 11) is 0. The second kappa shape index (κ2) is 9.72. The van der Waals surface area contributed by atoms with Crippen LogP contribution in [0.2, 0.25) is 5.02 Å². The Labute approximate surface area is 169 Å². The van der Waals surface area contributed by atoms with E-state index < -0.39 is 0 Å². The second-order valence-corrected chi connectivity index (χ2v) is 6.86. The zero-order valence-electron chi connectivity index (χ0n) is 15.3. The molecular formula is C23H21ClN2O2. The molecule has 3 aromatic rings. The predicted octanol–water partition coefficient (Wildman–Crippen LogP) is 4.49. The zero-order valence-corrected chi connectivity index (χ0v) is 16.1. The van der Waals surface area contributed by atoms with Crippen LogP contribution in [-0.4, -0.2) is 18.4 Å². The lowest BCUT2D eigenvalue weighted by molar-refractivity contribution is -0.120. The lowest BCUT2D eigenvalue weighted by Crippen LogP contribution is -2.27. The Kier molecular flexibility index (Phi) is 6.82. The molecule has 0 atom stereocenters. The number of halogens is 1. The molecule has 0 aliphatic heterocycles. The van der Waals surface area contributed by atoms with Crippen molar-refractivity contribution in [3.8, 4) is 0 Å². The smallest absolute Gasteiger partial charge is 0.255 e. The third-order valence-corrected chi connectivity index (χ3v) is 4.48. The Balaban J connectivity index is 1.47. The topological polar surface area (TPSA) is 58.2 Å². The monoisotopic (exact) mass is 392 g/mol. The highest BCUT2D eigenvalue weighted by Gasteiger charge is 2.07. The highest BCUT2D eigenvalue weighted by atomic mass is 35.5. The zero-order chi connectivity index (χ0) is 19.8. The van der Waals surface area contributed by atoms with Gasteiger partial charge in [-0.25, -0.2) is 0 Å². The second-order valence-electron chi connectivity index (χ2n) is 6.42. The number of amides is 2. The van der Waals surface area contributed by atoms with E-state index in [9.17, 15) is 9.59 Å². The van der Waals surface area contributed by atoms with Crippen molar-refractivity contribution in [2.45, 2.75) is 12.8 Å². The van der Waals surface area contributed by atoms with E-state index in [1.165, 1.54) is 5.56 Å². The third-order valence-electron chi connectivity index (χ3n) is 4.24. The van der Waals surface area contributed by atoms with Gasteiger partial charge in [-0.05, 0) is 47.9 Å². The minimum absolute atomic E-state index is 0.0216. The first-order valence-corrected chi connectivity index (χ1v) is 9.44. The maximum absolute atomic E-state index is 12.2. The van der Waals surface area contributed by atoms with Crippen LogP contribution in [0.15, 0.2) is 78.9 Å². The molecule has 28 heavy (non-hydrogen) atoms. The van der Waals surface area contributed by atoms with Gasteiger partial charge in [0.05, 0.1) is 6.42 Å². The van der Waals surface area contributed by atoms with Crippen molar-refractivity contribution >= 4 is 29.1 Å². The molecule has 0 fully saturated rings. The van der Waals surface area contributed by atoms with Crippen LogP contribution in [0.4, 0.5) is 5.69 Å². The van der Waals surface area contributed by atoms with Gasteiger partial charge in [0.15, 0.2) is 0 Å². The summed E-state index contributed by atoms with van der Waals surface area (Å²) in [5, 5.41) is 6.27. The van der Waals surface area contributed by atoms with Crippen LogP contribution in [0, 0.1) is 0 Å². The first-order chi connectivity index (χ1) is 13.6. The van der Waals surface area contributed by atoms with Crippen molar-refractivity contribution in [2.75, 3.05) is 11.9 Å². The number of anilines is 1. The Bertz CT molecular complexity index is 940. The van der Waals surface area contributed by atoms with E-state index in [0.29, 0.717) is 29.2 Å². The molecule has 0 radical (unpaired) electrons. The number of hydrogen-bond donors (Lipinski definition) is 2. The Hall–Kier alpha value is -3.11. The summed E-state index contributed by atoms with van der Waals surface area (Å²) in [5.74, 6) is -0.249. The highest BCUT2D eigenvalue weighted by molar-refractivity contribution is 6.31. The first-order valence-electron chi connectivity index (χ1n) is 9.06. The molecule has 0 bridgehead atoms. The van der Waals surface area contributed by atoms with E-state index in [4.69, 9.17) is 11.6 Å². The number of benzene rings is 3. The summed E-state index contributed by atoms with van der Waals surface area (Å²) in [6.07, 6.45) is 1.11. The van der Waals surface area contributed by atoms with E-state index in [1.807, 2.05) is 42.5 Å². The summed E-state index contributed by atoms with van der Waals surface area (Å²) in [6.45, 7) is 0.608. The summed E-state index contributed by atoms with van der Waals surface area (Å²) in [5.41, 5.74) is 3.24. The van der Waals surface area contributed by atoms with E-state index >= 15 is 0 Å². The molecule has 0 aliphatic rings.